The summed E-state index contributed by atoms with van der Waals surface area (Å²) in [5.41, 5.74) is 12.2. The zero-order valence-electron chi connectivity index (χ0n) is 75.5. The standard InChI is InChI=1S/2C60H48F4N2/c1-59(2,3)41-17-13-15-39(31-41)47-33-51(63)55(35-49(47)61)65(43-19-9-7-10-20-43)53-29-25-37-24-28-46-54(30-26-38-23-27-45(53)57(37)58(38)46)66(44-21-11-8-12-22-44)56-36-50(62)48(34-52(56)64)40-16-14-18-42(32-40)60(4,5)6;1-59(2,3)41-25-17-37(18-26-41)47-33-51(63)55(35-49(47)61)65(43-13-9-7-10-14-43)53-31-23-39-22-30-46-54(32-24-40-21-29-45(53)57(39)58(40)46)66(44-15-11-8-12-16-44)56-36-50(62)48(34-52(56)64)38-19-27-42(28-20-38)60(4,5)6/h2*7-36H,1-6H3. The van der Waals surface area contributed by atoms with Crippen molar-refractivity contribution in [3.63, 3.8) is 0 Å². The molecule has 0 atom stereocenters. The Bertz CT molecular complexity index is 7310. The van der Waals surface area contributed by atoms with E-state index in [9.17, 15) is 0 Å². The summed E-state index contributed by atoms with van der Waals surface area (Å²) in [5.74, 6) is -4.50. The summed E-state index contributed by atoms with van der Waals surface area (Å²) < 4.78 is 133. The van der Waals surface area contributed by atoms with Gasteiger partial charge in [0.05, 0.1) is 45.5 Å². The Labute approximate surface area is 764 Å². The first-order chi connectivity index (χ1) is 63.3. The van der Waals surface area contributed by atoms with Crippen LogP contribution < -0.4 is 19.6 Å². The second kappa shape index (κ2) is 33.9. The zero-order valence-corrected chi connectivity index (χ0v) is 75.5. The number of hydrogen-bond donors (Lipinski definition) is 0. The minimum atomic E-state index is -0.580. The van der Waals surface area contributed by atoms with Crippen molar-refractivity contribution >= 4 is 133 Å². The van der Waals surface area contributed by atoms with Crippen LogP contribution in [0.4, 0.5) is 103 Å². The summed E-state index contributed by atoms with van der Waals surface area (Å²) in [6.07, 6.45) is 0. The van der Waals surface area contributed by atoms with Crippen LogP contribution in [0.5, 0.6) is 0 Å². The molecule has 20 rings (SSSR count). The molecular formula is C120H96F8N4. The third kappa shape index (κ3) is 16.1. The van der Waals surface area contributed by atoms with Crippen LogP contribution in [0.2, 0.25) is 0 Å². The molecule has 0 saturated carbocycles. The van der Waals surface area contributed by atoms with Gasteiger partial charge in [0.1, 0.15) is 46.5 Å². The van der Waals surface area contributed by atoms with Gasteiger partial charge in [0, 0.05) is 90.8 Å². The molecule has 0 N–H and O–H groups in total. The molecule has 0 aromatic heterocycles. The van der Waals surface area contributed by atoms with Gasteiger partial charge in [-0.3, -0.25) is 0 Å². The van der Waals surface area contributed by atoms with Gasteiger partial charge in [0.15, 0.2) is 0 Å². The number of para-hydroxylation sites is 4. The average molecular weight is 1750 g/mol. The molecule has 20 aromatic carbocycles. The Hall–Kier alpha value is -14.9. The number of halogens is 8. The normalized spacial score (nSPS) is 12.1. The highest BCUT2D eigenvalue weighted by Crippen LogP contribution is 2.54. The van der Waals surface area contributed by atoms with E-state index in [4.69, 9.17) is 0 Å². The fourth-order valence-corrected chi connectivity index (χ4v) is 18.6. The van der Waals surface area contributed by atoms with Gasteiger partial charge in [-0.2, -0.15) is 0 Å². The molecule has 12 heteroatoms. The average Bonchev–Trinajstić information content (AvgIpc) is 0.719. The van der Waals surface area contributed by atoms with Crippen LogP contribution in [-0.2, 0) is 21.7 Å². The third-order valence-corrected chi connectivity index (χ3v) is 25.6. The van der Waals surface area contributed by atoms with Crippen molar-refractivity contribution in [2.45, 2.75) is 105 Å². The first kappa shape index (κ1) is 86.5. The van der Waals surface area contributed by atoms with Gasteiger partial charge in [-0.05, 0) is 206 Å². The fourth-order valence-electron chi connectivity index (χ4n) is 18.6. The molecular weight excluding hydrogens is 1650 g/mol. The maximum Gasteiger partial charge on any atom is 0.148 e. The van der Waals surface area contributed by atoms with Crippen molar-refractivity contribution in [1.82, 2.24) is 0 Å². The minimum Gasteiger partial charge on any atom is -0.307 e. The van der Waals surface area contributed by atoms with Crippen molar-refractivity contribution in [3.8, 4) is 44.5 Å². The zero-order chi connectivity index (χ0) is 92.1. The van der Waals surface area contributed by atoms with Crippen LogP contribution in [-0.4, -0.2) is 0 Å². The molecule has 0 heterocycles. The SMILES string of the molecule is CC(C)(C)c1ccc(-c2cc(F)c(N(c3ccccc3)c3ccc4ccc5c(N(c6ccccc6)c6cc(F)c(-c7ccc(C(C)(C)C)cc7)cc6F)ccc6ccc3c4c65)cc2F)cc1.CC(C)(C)c1cccc(-c2cc(F)c(N(c3ccccc3)c3ccc4ccc5c(N(c6ccccc6)c6cc(F)c(-c7cccc(C(C)(C)C)c7)cc6F)ccc6ccc3c4c65)cc2F)c1. The highest BCUT2D eigenvalue weighted by atomic mass is 19.2. The molecule has 0 unspecified atom stereocenters. The molecule has 0 aliphatic carbocycles. The number of hydrogen-bond acceptors (Lipinski definition) is 4. The highest BCUT2D eigenvalue weighted by molar-refractivity contribution is 6.30. The van der Waals surface area contributed by atoms with E-state index in [0.29, 0.717) is 67.8 Å². The predicted molar refractivity (Wildman–Crippen MR) is 535 cm³/mol. The molecule has 0 aliphatic rings. The topological polar surface area (TPSA) is 13.0 Å². The smallest absolute Gasteiger partial charge is 0.148 e. The van der Waals surface area contributed by atoms with Gasteiger partial charge in [0.2, 0.25) is 0 Å². The molecule has 20 aromatic rings. The Kier molecular flexibility index (Phi) is 22.2. The number of rotatable bonds is 16. The summed E-state index contributed by atoms with van der Waals surface area (Å²) in [4.78, 5) is 7.08. The lowest BCUT2D eigenvalue weighted by molar-refractivity contribution is 0.589. The van der Waals surface area contributed by atoms with Gasteiger partial charge in [-0.15, -0.1) is 0 Å². The maximum absolute atomic E-state index is 16.9. The van der Waals surface area contributed by atoms with E-state index in [-0.39, 0.29) is 66.7 Å². The Balaban J connectivity index is 0.000000170. The summed E-state index contributed by atoms with van der Waals surface area (Å²) >= 11 is 0. The monoisotopic (exact) mass is 1740 g/mol. The second-order valence-electron chi connectivity index (χ2n) is 38.3. The van der Waals surface area contributed by atoms with Crippen molar-refractivity contribution < 1.29 is 35.1 Å². The molecule has 0 bridgehead atoms. The number of nitrogens with zero attached hydrogens (tertiary/aromatic N) is 4. The van der Waals surface area contributed by atoms with Crippen LogP contribution in [0.15, 0.2) is 364 Å². The van der Waals surface area contributed by atoms with E-state index in [1.807, 2.05) is 315 Å². The third-order valence-electron chi connectivity index (χ3n) is 25.6. The van der Waals surface area contributed by atoms with E-state index in [0.717, 1.165) is 86.9 Å². The molecule has 132 heavy (non-hydrogen) atoms. The van der Waals surface area contributed by atoms with Crippen molar-refractivity contribution in [3.05, 3.63) is 433 Å². The van der Waals surface area contributed by atoms with Crippen LogP contribution in [0.25, 0.3) is 109 Å². The van der Waals surface area contributed by atoms with Crippen molar-refractivity contribution in [2.75, 3.05) is 19.6 Å². The largest absolute Gasteiger partial charge is 0.307 e. The summed E-state index contributed by atoms with van der Waals surface area (Å²) in [6.45, 7) is 25.2. The quantitative estimate of drug-likeness (QED) is 0.0706. The molecule has 0 fully saturated rings. The van der Waals surface area contributed by atoms with Gasteiger partial charge in [-0.25, -0.2) is 35.1 Å². The predicted octanol–water partition coefficient (Wildman–Crippen LogP) is 36.0. The highest BCUT2D eigenvalue weighted by Gasteiger charge is 2.32. The van der Waals surface area contributed by atoms with Gasteiger partial charge in [0.25, 0.3) is 0 Å². The summed E-state index contributed by atoms with van der Waals surface area (Å²) in [6, 6.07) is 110. The van der Waals surface area contributed by atoms with E-state index >= 15 is 35.1 Å². The molecule has 0 aliphatic heterocycles. The maximum atomic E-state index is 16.9. The fraction of sp³-hybridized carbons (Fsp3) is 0.133. The first-order valence-corrected chi connectivity index (χ1v) is 44.5. The van der Waals surface area contributed by atoms with Crippen LogP contribution in [0.3, 0.4) is 0 Å². The van der Waals surface area contributed by atoms with Crippen molar-refractivity contribution in [2.24, 2.45) is 0 Å². The summed E-state index contributed by atoms with van der Waals surface area (Å²) in [7, 11) is 0. The lowest BCUT2D eigenvalue weighted by atomic mass is 9.85. The van der Waals surface area contributed by atoms with E-state index in [1.54, 1.807) is 19.6 Å². The molecule has 0 spiro atoms. The van der Waals surface area contributed by atoms with Crippen molar-refractivity contribution in [1.29, 1.82) is 0 Å². The van der Waals surface area contributed by atoms with Gasteiger partial charge >= 0.3 is 0 Å². The van der Waals surface area contributed by atoms with Crippen LogP contribution >= 0.6 is 0 Å². The summed E-state index contributed by atoms with van der Waals surface area (Å²) in [5, 5.41) is 10.5. The molecule has 0 amide bonds. The molecule has 0 radical (unpaired) electrons. The van der Waals surface area contributed by atoms with Crippen LogP contribution in [0, 0.1) is 46.5 Å². The first-order valence-electron chi connectivity index (χ1n) is 44.5. The number of benzene rings is 20. The minimum absolute atomic E-state index is 0.0610. The van der Waals surface area contributed by atoms with E-state index in [1.165, 1.54) is 48.5 Å². The Morgan fingerprint density at radius 1 is 0.167 bits per heavy atom. The Morgan fingerprint density at radius 3 is 0.614 bits per heavy atom. The lowest BCUT2D eigenvalue weighted by Gasteiger charge is -2.30. The lowest BCUT2D eigenvalue weighted by Crippen LogP contribution is -2.14. The second-order valence-corrected chi connectivity index (χ2v) is 38.3. The number of anilines is 12. The van der Waals surface area contributed by atoms with Crippen LogP contribution in [0.1, 0.15) is 105 Å². The Morgan fingerprint density at radius 2 is 0.386 bits per heavy atom. The molecule has 652 valence electrons. The van der Waals surface area contributed by atoms with Gasteiger partial charge < -0.3 is 19.6 Å². The van der Waals surface area contributed by atoms with Gasteiger partial charge in [-0.1, -0.05) is 326 Å². The van der Waals surface area contributed by atoms with E-state index < -0.39 is 46.5 Å². The van der Waals surface area contributed by atoms with E-state index in [2.05, 4.69) is 83.1 Å². The molecule has 0 saturated heterocycles. The molecule has 4 nitrogen and oxygen atoms in total.